The molecule has 1 fully saturated rings. The second-order valence-corrected chi connectivity index (χ2v) is 3.77. The molecule has 1 aromatic rings. The van der Waals surface area contributed by atoms with Gasteiger partial charge in [0.05, 0.1) is 7.11 Å². The van der Waals surface area contributed by atoms with E-state index < -0.39 is 0 Å². The lowest BCUT2D eigenvalue weighted by Crippen LogP contribution is -2.10. The Morgan fingerprint density at radius 3 is 3.07 bits per heavy atom. The molecule has 3 heteroatoms. The van der Waals surface area contributed by atoms with E-state index in [1.807, 2.05) is 12.3 Å². The molecule has 3 nitrogen and oxygen atoms in total. The van der Waals surface area contributed by atoms with E-state index in [1.54, 1.807) is 7.11 Å². The third-order valence-corrected chi connectivity index (χ3v) is 2.69. The lowest BCUT2D eigenvalue weighted by Gasteiger charge is -2.07. The molecule has 0 saturated carbocycles. The molecule has 1 N–H and O–H groups in total. The maximum absolute atomic E-state index is 5.02. The summed E-state index contributed by atoms with van der Waals surface area (Å²) in [5.74, 6) is 1.48. The van der Waals surface area contributed by atoms with Crippen molar-refractivity contribution in [2.45, 2.75) is 12.8 Å². The maximum Gasteiger partial charge on any atom is 0.212 e. The van der Waals surface area contributed by atoms with Gasteiger partial charge in [0.1, 0.15) is 0 Å². The fraction of sp³-hybridized carbons (Fsp3) is 0.545. The molecule has 2 heterocycles. The van der Waals surface area contributed by atoms with Gasteiger partial charge in [-0.25, -0.2) is 4.98 Å². The Hall–Kier alpha value is -1.09. The molecule has 1 aromatic heterocycles. The zero-order chi connectivity index (χ0) is 9.80. The second kappa shape index (κ2) is 4.42. The largest absolute Gasteiger partial charge is 0.481 e. The molecular formula is C11H16N2O. The highest BCUT2D eigenvalue weighted by atomic mass is 16.5. The average Bonchev–Trinajstić information content (AvgIpc) is 2.72. The molecule has 76 valence electrons. The van der Waals surface area contributed by atoms with Crippen LogP contribution in [0.2, 0.25) is 0 Å². The molecule has 0 bridgehead atoms. The Balaban J connectivity index is 1.95. The van der Waals surface area contributed by atoms with Gasteiger partial charge in [0.15, 0.2) is 0 Å². The minimum Gasteiger partial charge on any atom is -0.481 e. The number of ether oxygens (including phenoxy) is 1. The summed E-state index contributed by atoms with van der Waals surface area (Å²) >= 11 is 0. The van der Waals surface area contributed by atoms with Crippen LogP contribution in [0.4, 0.5) is 0 Å². The third kappa shape index (κ3) is 2.23. The van der Waals surface area contributed by atoms with Crippen LogP contribution in [0, 0.1) is 5.92 Å². The summed E-state index contributed by atoms with van der Waals surface area (Å²) in [4.78, 5) is 4.20. The number of hydrogen-bond donors (Lipinski definition) is 1. The minimum atomic E-state index is 0.693. The Labute approximate surface area is 84.5 Å². The van der Waals surface area contributed by atoms with Crippen molar-refractivity contribution in [1.29, 1.82) is 0 Å². The van der Waals surface area contributed by atoms with Crippen molar-refractivity contribution in [2.75, 3.05) is 20.2 Å². The van der Waals surface area contributed by atoms with E-state index in [4.69, 9.17) is 4.74 Å². The van der Waals surface area contributed by atoms with Gasteiger partial charge in [0.2, 0.25) is 5.88 Å². The van der Waals surface area contributed by atoms with Gasteiger partial charge >= 0.3 is 0 Å². The fourth-order valence-electron chi connectivity index (χ4n) is 1.87. The Morgan fingerprint density at radius 2 is 2.50 bits per heavy atom. The third-order valence-electron chi connectivity index (χ3n) is 2.69. The molecule has 0 spiro atoms. The molecule has 0 unspecified atom stereocenters. The van der Waals surface area contributed by atoms with E-state index >= 15 is 0 Å². The summed E-state index contributed by atoms with van der Waals surface area (Å²) in [6.07, 6.45) is 4.33. The summed E-state index contributed by atoms with van der Waals surface area (Å²) in [5, 5.41) is 3.37. The lowest BCUT2D eigenvalue weighted by atomic mass is 10.0. The highest BCUT2D eigenvalue weighted by Gasteiger charge is 2.14. The Bertz CT molecular complexity index is 278. The number of nitrogens with one attached hydrogen (secondary N) is 1. The zero-order valence-electron chi connectivity index (χ0n) is 8.49. The van der Waals surface area contributed by atoms with E-state index in [0.717, 1.165) is 25.4 Å². The zero-order valence-corrected chi connectivity index (χ0v) is 8.49. The molecule has 1 saturated heterocycles. The van der Waals surface area contributed by atoms with Crippen molar-refractivity contribution in [1.82, 2.24) is 10.3 Å². The number of hydrogen-bond acceptors (Lipinski definition) is 3. The van der Waals surface area contributed by atoms with E-state index in [1.165, 1.54) is 12.0 Å². The van der Waals surface area contributed by atoms with Gasteiger partial charge in [0, 0.05) is 12.3 Å². The van der Waals surface area contributed by atoms with Crippen LogP contribution in [0.3, 0.4) is 0 Å². The van der Waals surface area contributed by atoms with Crippen molar-refractivity contribution in [3.8, 4) is 5.88 Å². The SMILES string of the molecule is COc1ccc(C[C@H]2CCNC2)cn1. The van der Waals surface area contributed by atoms with Crippen LogP contribution in [0.5, 0.6) is 5.88 Å². The van der Waals surface area contributed by atoms with Gasteiger partial charge in [-0.15, -0.1) is 0 Å². The number of nitrogens with zero attached hydrogens (tertiary/aromatic N) is 1. The summed E-state index contributed by atoms with van der Waals surface area (Å²) in [6, 6.07) is 4.03. The van der Waals surface area contributed by atoms with E-state index in [2.05, 4.69) is 16.4 Å². The Kier molecular flexibility index (Phi) is 2.99. The standard InChI is InChI=1S/C11H16N2O/c1-14-11-3-2-9(8-13-11)6-10-4-5-12-7-10/h2-3,8,10,12H,4-7H2,1H3/t10-/m1/s1. The summed E-state index contributed by atoms with van der Waals surface area (Å²) in [7, 11) is 1.64. The maximum atomic E-state index is 5.02. The van der Waals surface area contributed by atoms with Crippen LogP contribution in [0.25, 0.3) is 0 Å². The van der Waals surface area contributed by atoms with Gasteiger partial charge in [0.25, 0.3) is 0 Å². The molecular weight excluding hydrogens is 176 g/mol. The quantitative estimate of drug-likeness (QED) is 0.782. The molecule has 1 atom stereocenters. The molecule has 2 rings (SSSR count). The van der Waals surface area contributed by atoms with E-state index in [-0.39, 0.29) is 0 Å². The number of methoxy groups -OCH3 is 1. The molecule has 0 aromatic carbocycles. The van der Waals surface area contributed by atoms with Crippen LogP contribution in [0.1, 0.15) is 12.0 Å². The van der Waals surface area contributed by atoms with Gasteiger partial charge in [-0.05, 0) is 37.4 Å². The van der Waals surface area contributed by atoms with E-state index in [9.17, 15) is 0 Å². The number of rotatable bonds is 3. The van der Waals surface area contributed by atoms with Gasteiger partial charge in [-0.3, -0.25) is 0 Å². The van der Waals surface area contributed by atoms with Gasteiger partial charge in [-0.1, -0.05) is 6.07 Å². The minimum absolute atomic E-state index is 0.693. The molecule has 1 aliphatic rings. The molecule has 1 aliphatic heterocycles. The van der Waals surface area contributed by atoms with Crippen molar-refractivity contribution in [3.05, 3.63) is 23.9 Å². The first-order chi connectivity index (χ1) is 6.88. The van der Waals surface area contributed by atoms with Crippen molar-refractivity contribution in [3.63, 3.8) is 0 Å². The topological polar surface area (TPSA) is 34.1 Å². The van der Waals surface area contributed by atoms with Crippen LogP contribution in [-0.4, -0.2) is 25.2 Å². The fourth-order valence-corrected chi connectivity index (χ4v) is 1.87. The molecule has 0 aliphatic carbocycles. The summed E-state index contributed by atoms with van der Waals surface area (Å²) < 4.78 is 5.02. The molecule has 0 radical (unpaired) electrons. The van der Waals surface area contributed by atoms with Crippen molar-refractivity contribution >= 4 is 0 Å². The van der Waals surface area contributed by atoms with Gasteiger partial charge < -0.3 is 10.1 Å². The molecule has 0 amide bonds. The average molecular weight is 192 g/mol. The van der Waals surface area contributed by atoms with Gasteiger partial charge in [-0.2, -0.15) is 0 Å². The summed E-state index contributed by atoms with van der Waals surface area (Å²) in [5.41, 5.74) is 1.31. The first-order valence-electron chi connectivity index (χ1n) is 5.08. The summed E-state index contributed by atoms with van der Waals surface area (Å²) in [6.45, 7) is 2.31. The first kappa shape index (κ1) is 9.46. The highest BCUT2D eigenvalue weighted by molar-refractivity contribution is 5.18. The van der Waals surface area contributed by atoms with Crippen molar-refractivity contribution in [2.24, 2.45) is 5.92 Å². The van der Waals surface area contributed by atoms with E-state index in [0.29, 0.717) is 5.88 Å². The monoisotopic (exact) mass is 192 g/mol. The highest BCUT2D eigenvalue weighted by Crippen LogP contribution is 2.15. The van der Waals surface area contributed by atoms with Crippen LogP contribution < -0.4 is 10.1 Å². The lowest BCUT2D eigenvalue weighted by molar-refractivity contribution is 0.397. The van der Waals surface area contributed by atoms with Crippen molar-refractivity contribution < 1.29 is 4.74 Å². The number of aromatic nitrogens is 1. The first-order valence-corrected chi connectivity index (χ1v) is 5.08. The van der Waals surface area contributed by atoms with Crippen LogP contribution in [-0.2, 0) is 6.42 Å². The predicted octanol–water partition coefficient (Wildman–Crippen LogP) is 1.24. The molecule has 14 heavy (non-hydrogen) atoms. The Morgan fingerprint density at radius 1 is 1.57 bits per heavy atom. The smallest absolute Gasteiger partial charge is 0.212 e. The normalized spacial score (nSPS) is 21.1. The van der Waals surface area contributed by atoms with Crippen LogP contribution in [0.15, 0.2) is 18.3 Å². The number of pyridine rings is 1. The second-order valence-electron chi connectivity index (χ2n) is 3.77. The van der Waals surface area contributed by atoms with Crippen LogP contribution >= 0.6 is 0 Å². The predicted molar refractivity (Wildman–Crippen MR) is 55.5 cm³/mol.